The number of H-pyrrole nitrogens is 1. The highest BCUT2D eigenvalue weighted by Crippen LogP contribution is 2.29. The summed E-state index contributed by atoms with van der Waals surface area (Å²) in [6, 6.07) is 5.68. The number of rotatable bonds is 3. The van der Waals surface area contributed by atoms with Crippen molar-refractivity contribution in [3.63, 3.8) is 0 Å². The number of hydrogen-bond acceptors (Lipinski definition) is 5. The Labute approximate surface area is 122 Å². The fourth-order valence-corrected chi connectivity index (χ4v) is 2.06. The second-order valence-electron chi connectivity index (χ2n) is 3.64. The maximum atomic E-state index is 9.02. The van der Waals surface area contributed by atoms with Gasteiger partial charge in [-0.15, -0.1) is 10.2 Å². The van der Waals surface area contributed by atoms with Crippen LogP contribution >= 0.6 is 27.5 Å². The number of tetrazole rings is 1. The SMILES string of the molecule is Cc1cc(NC=C(C#N)c2nn[nH]n2)cc(Br)c1Cl. The summed E-state index contributed by atoms with van der Waals surface area (Å²) in [6.45, 7) is 1.90. The first kappa shape index (κ1) is 13.5. The molecule has 96 valence electrons. The Balaban J connectivity index is 2.25. The van der Waals surface area contributed by atoms with Gasteiger partial charge < -0.3 is 5.32 Å². The maximum Gasteiger partial charge on any atom is 0.216 e. The van der Waals surface area contributed by atoms with Crippen molar-refractivity contribution in [2.45, 2.75) is 6.92 Å². The maximum absolute atomic E-state index is 9.02. The summed E-state index contributed by atoms with van der Waals surface area (Å²) in [5.74, 6) is 0.236. The molecule has 6 nitrogen and oxygen atoms in total. The third-order valence-electron chi connectivity index (χ3n) is 2.30. The first-order chi connectivity index (χ1) is 9.11. The minimum Gasteiger partial charge on any atom is -0.360 e. The van der Waals surface area contributed by atoms with Crippen LogP contribution in [0, 0.1) is 18.3 Å². The Kier molecular flexibility index (Phi) is 4.14. The van der Waals surface area contributed by atoms with E-state index in [0.717, 1.165) is 15.7 Å². The Hall–Kier alpha value is -1.91. The van der Waals surface area contributed by atoms with Crippen LogP contribution in [-0.2, 0) is 0 Å². The molecule has 0 aliphatic rings. The highest BCUT2D eigenvalue weighted by Gasteiger charge is 2.06. The smallest absolute Gasteiger partial charge is 0.216 e. The van der Waals surface area contributed by atoms with Gasteiger partial charge in [0.1, 0.15) is 11.6 Å². The summed E-state index contributed by atoms with van der Waals surface area (Å²) in [7, 11) is 0. The monoisotopic (exact) mass is 338 g/mol. The van der Waals surface area contributed by atoms with Gasteiger partial charge in [0.15, 0.2) is 0 Å². The van der Waals surface area contributed by atoms with Crippen LogP contribution in [0.15, 0.2) is 22.8 Å². The molecule has 0 unspecified atom stereocenters. The van der Waals surface area contributed by atoms with E-state index < -0.39 is 0 Å². The van der Waals surface area contributed by atoms with Crippen molar-refractivity contribution >= 4 is 38.8 Å². The van der Waals surface area contributed by atoms with E-state index in [4.69, 9.17) is 16.9 Å². The Morgan fingerprint density at radius 3 is 2.95 bits per heavy atom. The molecular formula is C11H8BrClN6. The van der Waals surface area contributed by atoms with Gasteiger partial charge in [0.05, 0.1) is 5.02 Å². The van der Waals surface area contributed by atoms with Gasteiger partial charge in [-0.25, -0.2) is 0 Å². The van der Waals surface area contributed by atoms with Crippen LogP contribution in [-0.4, -0.2) is 20.6 Å². The zero-order valence-corrected chi connectivity index (χ0v) is 12.1. The Morgan fingerprint density at radius 1 is 1.58 bits per heavy atom. The fraction of sp³-hybridized carbons (Fsp3) is 0.0909. The van der Waals surface area contributed by atoms with Gasteiger partial charge in [0, 0.05) is 16.4 Å². The zero-order valence-electron chi connectivity index (χ0n) is 9.78. The lowest BCUT2D eigenvalue weighted by atomic mass is 10.2. The largest absolute Gasteiger partial charge is 0.360 e. The molecule has 1 aromatic heterocycles. The van der Waals surface area contributed by atoms with E-state index in [2.05, 4.69) is 41.9 Å². The summed E-state index contributed by atoms with van der Waals surface area (Å²) in [6.07, 6.45) is 1.51. The summed E-state index contributed by atoms with van der Waals surface area (Å²) < 4.78 is 0.781. The van der Waals surface area contributed by atoms with Gasteiger partial charge in [-0.2, -0.15) is 10.5 Å². The number of anilines is 1. The summed E-state index contributed by atoms with van der Waals surface area (Å²) in [5, 5.41) is 25.9. The molecule has 1 aromatic carbocycles. The number of benzene rings is 1. The van der Waals surface area contributed by atoms with Crippen molar-refractivity contribution < 1.29 is 0 Å². The first-order valence-electron chi connectivity index (χ1n) is 5.18. The van der Waals surface area contributed by atoms with Gasteiger partial charge in [-0.1, -0.05) is 11.6 Å². The van der Waals surface area contributed by atoms with Crippen LogP contribution in [0.5, 0.6) is 0 Å². The minimum absolute atomic E-state index is 0.236. The molecule has 1 heterocycles. The minimum atomic E-state index is 0.236. The van der Waals surface area contributed by atoms with E-state index in [1.165, 1.54) is 6.20 Å². The molecule has 2 rings (SSSR count). The quantitative estimate of drug-likeness (QED) is 0.839. The molecule has 0 aliphatic heterocycles. The van der Waals surface area contributed by atoms with Crippen LogP contribution in [0.3, 0.4) is 0 Å². The van der Waals surface area contributed by atoms with Crippen molar-refractivity contribution in [2.75, 3.05) is 5.32 Å². The summed E-state index contributed by atoms with van der Waals surface area (Å²) in [4.78, 5) is 0. The lowest BCUT2D eigenvalue weighted by molar-refractivity contribution is 0.881. The summed E-state index contributed by atoms with van der Waals surface area (Å²) >= 11 is 9.41. The molecule has 0 spiro atoms. The van der Waals surface area contributed by atoms with E-state index in [0.29, 0.717) is 5.02 Å². The highest BCUT2D eigenvalue weighted by molar-refractivity contribution is 9.10. The third kappa shape index (κ3) is 3.10. The molecule has 0 saturated carbocycles. The summed E-state index contributed by atoms with van der Waals surface area (Å²) in [5.41, 5.74) is 1.99. The molecule has 0 aliphatic carbocycles. The predicted molar refractivity (Wildman–Crippen MR) is 75.3 cm³/mol. The van der Waals surface area contributed by atoms with E-state index in [-0.39, 0.29) is 11.4 Å². The van der Waals surface area contributed by atoms with Crippen molar-refractivity contribution in [3.05, 3.63) is 39.2 Å². The first-order valence-corrected chi connectivity index (χ1v) is 6.35. The molecule has 2 N–H and O–H groups in total. The van der Waals surface area contributed by atoms with Crippen molar-refractivity contribution in [2.24, 2.45) is 0 Å². The van der Waals surface area contributed by atoms with Gasteiger partial charge in [-0.05, 0) is 45.8 Å². The van der Waals surface area contributed by atoms with Gasteiger partial charge in [0.2, 0.25) is 5.82 Å². The topological polar surface area (TPSA) is 90.3 Å². The number of hydrogen-bond donors (Lipinski definition) is 2. The van der Waals surface area contributed by atoms with Crippen LogP contribution in [0.25, 0.3) is 5.57 Å². The molecule has 19 heavy (non-hydrogen) atoms. The number of aromatic amines is 1. The molecule has 0 fully saturated rings. The van der Waals surface area contributed by atoms with Crippen LogP contribution < -0.4 is 5.32 Å². The van der Waals surface area contributed by atoms with Gasteiger partial charge in [-0.3, -0.25) is 0 Å². The number of aromatic nitrogens is 4. The second-order valence-corrected chi connectivity index (χ2v) is 4.87. The number of aryl methyl sites for hydroxylation is 1. The number of nitriles is 1. The standard InChI is InChI=1S/C11H8BrClN6/c1-6-2-8(3-9(12)10(6)13)15-5-7(4-14)11-16-18-19-17-11/h2-3,5,15H,1H3,(H,16,17,18,19). The normalized spacial score (nSPS) is 11.2. The van der Waals surface area contributed by atoms with Gasteiger partial charge in [0.25, 0.3) is 0 Å². The van der Waals surface area contributed by atoms with Gasteiger partial charge >= 0.3 is 0 Å². The van der Waals surface area contributed by atoms with Crippen LogP contribution in [0.2, 0.25) is 5.02 Å². The van der Waals surface area contributed by atoms with E-state index in [1.54, 1.807) is 0 Å². The van der Waals surface area contributed by atoms with E-state index in [9.17, 15) is 0 Å². The number of nitrogens with one attached hydrogen (secondary N) is 2. The van der Waals surface area contributed by atoms with E-state index in [1.807, 2.05) is 25.1 Å². The lowest BCUT2D eigenvalue weighted by Gasteiger charge is -2.06. The molecule has 0 bridgehead atoms. The number of allylic oxidation sites excluding steroid dienone is 1. The molecular weight excluding hydrogens is 332 g/mol. The molecule has 0 radical (unpaired) electrons. The molecule has 0 saturated heterocycles. The predicted octanol–water partition coefficient (Wildman–Crippen LogP) is 2.90. The van der Waals surface area contributed by atoms with Crippen LogP contribution in [0.1, 0.15) is 11.4 Å². The average molecular weight is 340 g/mol. The number of halogens is 2. The molecule has 0 atom stereocenters. The third-order valence-corrected chi connectivity index (χ3v) is 3.66. The van der Waals surface area contributed by atoms with Crippen molar-refractivity contribution in [1.29, 1.82) is 5.26 Å². The number of nitrogens with zero attached hydrogens (tertiary/aromatic N) is 4. The fourth-order valence-electron chi connectivity index (χ4n) is 1.39. The van der Waals surface area contributed by atoms with Crippen molar-refractivity contribution in [1.82, 2.24) is 20.6 Å². The molecule has 2 aromatic rings. The van der Waals surface area contributed by atoms with E-state index >= 15 is 0 Å². The van der Waals surface area contributed by atoms with Crippen LogP contribution in [0.4, 0.5) is 5.69 Å². The Bertz CT molecular complexity index is 635. The average Bonchev–Trinajstić information content (AvgIpc) is 2.90. The second kappa shape index (κ2) is 5.82. The van der Waals surface area contributed by atoms with Crippen molar-refractivity contribution in [3.8, 4) is 6.07 Å². The molecule has 8 heteroatoms. The zero-order chi connectivity index (χ0) is 13.8. The lowest BCUT2D eigenvalue weighted by Crippen LogP contribution is -1.94. The Morgan fingerprint density at radius 2 is 2.37 bits per heavy atom. The molecule has 0 amide bonds. The highest BCUT2D eigenvalue weighted by atomic mass is 79.9.